The Morgan fingerprint density at radius 1 is 1.20 bits per heavy atom. The molecule has 0 atom stereocenters. The van der Waals surface area contributed by atoms with Crippen molar-refractivity contribution < 1.29 is 9.59 Å². The first-order valence-electron chi connectivity index (χ1n) is 5.59. The van der Waals surface area contributed by atoms with Gasteiger partial charge in [-0.05, 0) is 35.9 Å². The van der Waals surface area contributed by atoms with E-state index in [1.807, 2.05) is 0 Å². The van der Waals surface area contributed by atoms with Gasteiger partial charge in [0, 0.05) is 25.3 Å². The fourth-order valence-electron chi connectivity index (χ4n) is 1.44. The Kier molecular flexibility index (Phi) is 4.31. The van der Waals surface area contributed by atoms with Crippen LogP contribution in [0, 0.1) is 0 Å². The lowest BCUT2D eigenvalue weighted by Gasteiger charge is -2.10. The summed E-state index contributed by atoms with van der Waals surface area (Å²) < 4.78 is 0.210. The topological polar surface area (TPSA) is 75.2 Å². The van der Waals surface area contributed by atoms with Crippen LogP contribution in [0.4, 0.5) is 5.69 Å². The first-order valence-corrected chi connectivity index (χ1v) is 6.79. The molecule has 0 spiro atoms. The lowest BCUT2D eigenvalue weighted by molar-refractivity contribution is 0.0827. The van der Waals surface area contributed by atoms with Gasteiger partial charge >= 0.3 is 0 Å². The zero-order valence-electron chi connectivity index (χ0n) is 10.8. The zero-order valence-corrected chi connectivity index (χ0v) is 12.3. The van der Waals surface area contributed by atoms with Crippen molar-refractivity contribution in [2.45, 2.75) is 0 Å². The molecule has 0 aliphatic heterocycles. The van der Waals surface area contributed by atoms with Gasteiger partial charge in [-0.3, -0.25) is 9.59 Å². The highest BCUT2D eigenvalue weighted by Crippen LogP contribution is 2.17. The number of nitrogens with one attached hydrogen (secondary N) is 1. The molecule has 8 heteroatoms. The number of carbonyl (C=O) groups excluding carboxylic acids is 2. The average Bonchev–Trinajstić information content (AvgIpc) is 2.85. The molecular formula is C12H11ClN4O2S. The number of aromatic nitrogens is 2. The second-order valence-electron chi connectivity index (χ2n) is 4.09. The number of rotatable bonds is 3. The summed E-state index contributed by atoms with van der Waals surface area (Å²) in [4.78, 5) is 25.0. The molecular weight excluding hydrogens is 300 g/mol. The zero-order chi connectivity index (χ0) is 14.7. The maximum atomic E-state index is 11.8. The van der Waals surface area contributed by atoms with Crippen LogP contribution in [0.25, 0.3) is 0 Å². The highest BCUT2D eigenvalue weighted by atomic mass is 35.5. The summed E-state index contributed by atoms with van der Waals surface area (Å²) in [7, 11) is 3.36. The molecule has 0 radical (unpaired) electrons. The van der Waals surface area contributed by atoms with Gasteiger partial charge in [0.2, 0.25) is 9.47 Å². The number of hydrogen-bond acceptors (Lipinski definition) is 5. The molecule has 0 bridgehead atoms. The van der Waals surface area contributed by atoms with E-state index in [2.05, 4.69) is 15.5 Å². The SMILES string of the molecule is CN(C)C(=O)c1ccc(NC(=O)c2nnc(Cl)s2)cc1. The van der Waals surface area contributed by atoms with Crippen molar-refractivity contribution in [1.29, 1.82) is 0 Å². The molecule has 1 aromatic heterocycles. The van der Waals surface area contributed by atoms with Gasteiger partial charge in [0.1, 0.15) is 0 Å². The minimum absolute atomic E-state index is 0.0984. The molecule has 1 heterocycles. The van der Waals surface area contributed by atoms with Crippen molar-refractivity contribution in [1.82, 2.24) is 15.1 Å². The van der Waals surface area contributed by atoms with Crippen LogP contribution in [-0.4, -0.2) is 41.0 Å². The van der Waals surface area contributed by atoms with E-state index in [-0.39, 0.29) is 21.3 Å². The molecule has 0 saturated carbocycles. The lowest BCUT2D eigenvalue weighted by Crippen LogP contribution is -2.21. The summed E-state index contributed by atoms with van der Waals surface area (Å²) >= 11 is 6.61. The van der Waals surface area contributed by atoms with E-state index in [1.54, 1.807) is 38.4 Å². The molecule has 0 aliphatic carbocycles. The van der Waals surface area contributed by atoms with E-state index in [9.17, 15) is 9.59 Å². The number of hydrogen-bond donors (Lipinski definition) is 1. The van der Waals surface area contributed by atoms with Crippen LogP contribution in [0.1, 0.15) is 20.2 Å². The maximum Gasteiger partial charge on any atom is 0.286 e. The number of halogens is 1. The predicted octanol–water partition coefficient (Wildman–Crippen LogP) is 2.15. The minimum atomic E-state index is -0.388. The first kappa shape index (κ1) is 14.4. The van der Waals surface area contributed by atoms with Crippen LogP contribution in [0.3, 0.4) is 0 Å². The molecule has 0 unspecified atom stereocenters. The molecule has 1 aromatic carbocycles. The molecule has 0 fully saturated rings. The number of benzene rings is 1. The molecule has 2 aromatic rings. The average molecular weight is 311 g/mol. The quantitative estimate of drug-likeness (QED) is 0.942. The van der Waals surface area contributed by atoms with Crippen molar-refractivity contribution >= 4 is 40.4 Å². The van der Waals surface area contributed by atoms with Gasteiger partial charge in [-0.2, -0.15) is 0 Å². The molecule has 0 saturated heterocycles. The third-order valence-corrected chi connectivity index (χ3v) is 3.41. The maximum absolute atomic E-state index is 11.8. The fraction of sp³-hybridized carbons (Fsp3) is 0.167. The third-order valence-electron chi connectivity index (χ3n) is 2.39. The molecule has 104 valence electrons. The molecule has 2 amide bonds. The Morgan fingerprint density at radius 3 is 2.35 bits per heavy atom. The van der Waals surface area contributed by atoms with E-state index in [4.69, 9.17) is 11.6 Å². The van der Waals surface area contributed by atoms with Gasteiger partial charge in [0.25, 0.3) is 11.8 Å². The normalized spacial score (nSPS) is 10.2. The van der Waals surface area contributed by atoms with E-state index in [0.29, 0.717) is 11.3 Å². The van der Waals surface area contributed by atoms with Gasteiger partial charge in [0.05, 0.1) is 0 Å². The van der Waals surface area contributed by atoms with Crippen LogP contribution in [-0.2, 0) is 0 Å². The van der Waals surface area contributed by atoms with Crippen LogP contribution in [0.5, 0.6) is 0 Å². The minimum Gasteiger partial charge on any atom is -0.345 e. The Balaban J connectivity index is 2.07. The lowest BCUT2D eigenvalue weighted by atomic mass is 10.2. The van der Waals surface area contributed by atoms with Gasteiger partial charge in [-0.15, -0.1) is 10.2 Å². The summed E-state index contributed by atoms with van der Waals surface area (Å²) in [6.07, 6.45) is 0. The Hall–Kier alpha value is -1.99. The molecule has 1 N–H and O–H groups in total. The Morgan fingerprint density at radius 2 is 1.85 bits per heavy atom. The largest absolute Gasteiger partial charge is 0.345 e. The summed E-state index contributed by atoms with van der Waals surface area (Å²) in [6, 6.07) is 6.59. The third kappa shape index (κ3) is 3.31. The molecule has 2 rings (SSSR count). The summed E-state index contributed by atoms with van der Waals surface area (Å²) in [5, 5.41) is 10.0. The van der Waals surface area contributed by atoms with Crippen molar-refractivity contribution in [3.8, 4) is 0 Å². The van der Waals surface area contributed by atoms with Crippen LogP contribution >= 0.6 is 22.9 Å². The van der Waals surface area contributed by atoms with Crippen LogP contribution in [0.2, 0.25) is 4.47 Å². The number of anilines is 1. The van der Waals surface area contributed by atoms with E-state index in [1.165, 1.54) is 4.90 Å². The van der Waals surface area contributed by atoms with Gasteiger partial charge in [-0.25, -0.2) is 0 Å². The first-order chi connectivity index (χ1) is 9.47. The van der Waals surface area contributed by atoms with Crippen molar-refractivity contribution in [3.05, 3.63) is 39.3 Å². The molecule has 20 heavy (non-hydrogen) atoms. The standard InChI is InChI=1S/C12H11ClN4O2S/c1-17(2)11(19)7-3-5-8(6-4-7)14-9(18)10-15-16-12(13)20-10/h3-6H,1-2H3,(H,14,18). The predicted molar refractivity (Wildman–Crippen MR) is 77.3 cm³/mol. The van der Waals surface area contributed by atoms with Gasteiger partial charge in [-0.1, -0.05) is 11.3 Å². The van der Waals surface area contributed by atoms with Crippen molar-refractivity contribution in [3.63, 3.8) is 0 Å². The second kappa shape index (κ2) is 5.98. The van der Waals surface area contributed by atoms with Gasteiger partial charge in [0.15, 0.2) is 0 Å². The van der Waals surface area contributed by atoms with E-state index < -0.39 is 0 Å². The molecule has 0 aliphatic rings. The van der Waals surface area contributed by atoms with Crippen molar-refractivity contribution in [2.75, 3.05) is 19.4 Å². The van der Waals surface area contributed by atoms with E-state index >= 15 is 0 Å². The highest BCUT2D eigenvalue weighted by Gasteiger charge is 2.13. The van der Waals surface area contributed by atoms with Crippen molar-refractivity contribution in [2.24, 2.45) is 0 Å². The smallest absolute Gasteiger partial charge is 0.286 e. The van der Waals surface area contributed by atoms with Crippen LogP contribution in [0.15, 0.2) is 24.3 Å². The Labute approximate surface area is 124 Å². The summed E-state index contributed by atoms with van der Waals surface area (Å²) in [6.45, 7) is 0. The number of amides is 2. The summed E-state index contributed by atoms with van der Waals surface area (Å²) in [5.41, 5.74) is 1.11. The highest BCUT2D eigenvalue weighted by molar-refractivity contribution is 7.17. The second-order valence-corrected chi connectivity index (χ2v) is 5.65. The fourth-order valence-corrected chi connectivity index (χ4v) is 2.16. The molecule has 6 nitrogen and oxygen atoms in total. The number of nitrogens with zero attached hydrogens (tertiary/aromatic N) is 3. The monoisotopic (exact) mass is 310 g/mol. The van der Waals surface area contributed by atoms with Crippen LogP contribution < -0.4 is 5.32 Å². The Bertz CT molecular complexity index is 639. The number of carbonyl (C=O) groups is 2. The van der Waals surface area contributed by atoms with E-state index in [0.717, 1.165) is 11.3 Å². The summed E-state index contributed by atoms with van der Waals surface area (Å²) in [5.74, 6) is -0.486. The van der Waals surface area contributed by atoms with Gasteiger partial charge < -0.3 is 10.2 Å².